The number of ether oxygens (including phenoxy) is 1. The van der Waals surface area contributed by atoms with Gasteiger partial charge in [-0.15, -0.1) is 0 Å². The third-order valence-electron chi connectivity index (χ3n) is 1.89. The molecule has 4 N–H and O–H groups in total. The van der Waals surface area contributed by atoms with Gasteiger partial charge in [-0.25, -0.2) is 0 Å². The van der Waals surface area contributed by atoms with Gasteiger partial charge < -0.3 is 16.2 Å². The van der Waals surface area contributed by atoms with Gasteiger partial charge in [0.25, 0.3) is 0 Å². The van der Waals surface area contributed by atoms with E-state index in [0.29, 0.717) is 19.0 Å². The first kappa shape index (κ1) is 13.8. The van der Waals surface area contributed by atoms with E-state index in [0.717, 1.165) is 32.8 Å². The predicted octanol–water partition coefficient (Wildman–Crippen LogP) is -0.122. The molecule has 0 unspecified atom stereocenters. The highest BCUT2D eigenvalue weighted by atomic mass is 16.5. The van der Waals surface area contributed by atoms with Crippen molar-refractivity contribution in [1.82, 2.24) is 4.90 Å². The Morgan fingerprint density at radius 2 is 1.64 bits per heavy atom. The van der Waals surface area contributed by atoms with E-state index >= 15 is 0 Å². The van der Waals surface area contributed by atoms with Crippen LogP contribution in [0.15, 0.2) is 0 Å². The van der Waals surface area contributed by atoms with Crippen LogP contribution in [0.1, 0.15) is 13.8 Å². The monoisotopic (exact) mass is 203 g/mol. The Labute approximate surface area is 87.6 Å². The topological polar surface area (TPSA) is 64.5 Å². The second-order valence-electron chi connectivity index (χ2n) is 3.89. The van der Waals surface area contributed by atoms with Crippen LogP contribution in [-0.2, 0) is 4.74 Å². The molecular formula is C10H25N3O. The summed E-state index contributed by atoms with van der Waals surface area (Å²) in [7, 11) is 0. The Morgan fingerprint density at radius 3 is 2.07 bits per heavy atom. The summed E-state index contributed by atoms with van der Waals surface area (Å²) in [6.45, 7) is 10.0. The second kappa shape index (κ2) is 9.40. The molecule has 4 nitrogen and oxygen atoms in total. The van der Waals surface area contributed by atoms with Crippen molar-refractivity contribution in [2.24, 2.45) is 17.4 Å². The maximum absolute atomic E-state index is 5.49. The van der Waals surface area contributed by atoms with Gasteiger partial charge in [-0.05, 0) is 5.92 Å². The molecule has 0 fully saturated rings. The molecule has 4 heteroatoms. The van der Waals surface area contributed by atoms with Crippen LogP contribution in [0.25, 0.3) is 0 Å². The van der Waals surface area contributed by atoms with E-state index in [1.807, 2.05) is 0 Å². The smallest absolute Gasteiger partial charge is 0.0593 e. The summed E-state index contributed by atoms with van der Waals surface area (Å²) in [5.74, 6) is 0.604. The van der Waals surface area contributed by atoms with E-state index in [-0.39, 0.29) is 0 Å². The van der Waals surface area contributed by atoms with Crippen LogP contribution in [0.4, 0.5) is 0 Å². The van der Waals surface area contributed by atoms with E-state index in [2.05, 4.69) is 18.7 Å². The largest absolute Gasteiger partial charge is 0.380 e. The van der Waals surface area contributed by atoms with Gasteiger partial charge in [0.15, 0.2) is 0 Å². The molecule has 0 aliphatic heterocycles. The van der Waals surface area contributed by atoms with Crippen molar-refractivity contribution in [3.05, 3.63) is 0 Å². The summed E-state index contributed by atoms with van der Waals surface area (Å²) in [5.41, 5.74) is 11.0. The van der Waals surface area contributed by atoms with Crippen molar-refractivity contribution >= 4 is 0 Å². The zero-order valence-electron chi connectivity index (χ0n) is 9.54. The maximum Gasteiger partial charge on any atom is 0.0593 e. The van der Waals surface area contributed by atoms with Crippen LogP contribution in [0.5, 0.6) is 0 Å². The standard InChI is InChI=1S/C10H25N3O/c1-10(2)9-14-8-7-13(5-3-11)6-4-12/h10H,3-9,11-12H2,1-2H3. The van der Waals surface area contributed by atoms with E-state index < -0.39 is 0 Å². The van der Waals surface area contributed by atoms with E-state index in [9.17, 15) is 0 Å². The van der Waals surface area contributed by atoms with Gasteiger partial charge in [0.2, 0.25) is 0 Å². The number of hydrogen-bond acceptors (Lipinski definition) is 4. The zero-order valence-corrected chi connectivity index (χ0v) is 9.54. The van der Waals surface area contributed by atoms with E-state index in [1.165, 1.54) is 0 Å². The van der Waals surface area contributed by atoms with E-state index in [4.69, 9.17) is 16.2 Å². The minimum Gasteiger partial charge on any atom is -0.380 e. The van der Waals surface area contributed by atoms with Gasteiger partial charge in [0.05, 0.1) is 6.61 Å². The van der Waals surface area contributed by atoms with Crippen LogP contribution in [0, 0.1) is 5.92 Å². The Morgan fingerprint density at radius 1 is 1.07 bits per heavy atom. The number of nitrogens with two attached hydrogens (primary N) is 2. The molecule has 0 aliphatic carbocycles. The van der Waals surface area contributed by atoms with Gasteiger partial charge in [0.1, 0.15) is 0 Å². The Kier molecular flexibility index (Phi) is 9.29. The van der Waals surface area contributed by atoms with Crippen molar-refractivity contribution < 1.29 is 4.74 Å². The van der Waals surface area contributed by atoms with Gasteiger partial charge in [-0.1, -0.05) is 13.8 Å². The quantitative estimate of drug-likeness (QED) is 0.513. The number of rotatable bonds is 9. The minimum absolute atomic E-state index is 0.604. The highest BCUT2D eigenvalue weighted by molar-refractivity contribution is 4.58. The Balaban J connectivity index is 3.40. The van der Waals surface area contributed by atoms with Crippen molar-refractivity contribution in [2.45, 2.75) is 13.8 Å². The van der Waals surface area contributed by atoms with Gasteiger partial charge in [-0.2, -0.15) is 0 Å². The summed E-state index contributed by atoms with van der Waals surface area (Å²) in [6, 6.07) is 0. The highest BCUT2D eigenvalue weighted by Gasteiger charge is 2.02. The molecule has 0 bridgehead atoms. The first-order valence-electron chi connectivity index (χ1n) is 5.41. The van der Waals surface area contributed by atoms with Crippen molar-refractivity contribution in [3.8, 4) is 0 Å². The maximum atomic E-state index is 5.49. The molecule has 0 aliphatic rings. The van der Waals surface area contributed by atoms with Crippen LogP contribution in [0.2, 0.25) is 0 Å². The third-order valence-corrected chi connectivity index (χ3v) is 1.89. The molecule has 0 atom stereocenters. The lowest BCUT2D eigenvalue weighted by Crippen LogP contribution is -2.36. The summed E-state index contributed by atoms with van der Waals surface area (Å²) >= 11 is 0. The second-order valence-corrected chi connectivity index (χ2v) is 3.89. The van der Waals surface area contributed by atoms with Crippen LogP contribution in [-0.4, -0.2) is 50.8 Å². The lowest BCUT2D eigenvalue weighted by molar-refractivity contribution is 0.0869. The number of nitrogens with zero attached hydrogens (tertiary/aromatic N) is 1. The number of hydrogen-bond donors (Lipinski definition) is 2. The summed E-state index contributed by atoms with van der Waals surface area (Å²) in [4.78, 5) is 2.24. The molecule has 0 aromatic carbocycles. The Bertz CT molecular complexity index is 114. The average Bonchev–Trinajstić information content (AvgIpc) is 2.12. The molecule has 0 heterocycles. The molecule has 86 valence electrons. The first-order valence-corrected chi connectivity index (χ1v) is 5.41. The summed E-state index contributed by atoms with van der Waals surface area (Å²) in [6.07, 6.45) is 0. The van der Waals surface area contributed by atoms with Crippen molar-refractivity contribution in [2.75, 3.05) is 45.9 Å². The molecule has 0 saturated heterocycles. The van der Waals surface area contributed by atoms with Gasteiger partial charge in [0, 0.05) is 39.3 Å². The Hall–Kier alpha value is -0.160. The van der Waals surface area contributed by atoms with Crippen LogP contribution < -0.4 is 11.5 Å². The molecular weight excluding hydrogens is 178 g/mol. The van der Waals surface area contributed by atoms with E-state index in [1.54, 1.807) is 0 Å². The zero-order chi connectivity index (χ0) is 10.8. The summed E-state index contributed by atoms with van der Waals surface area (Å²) < 4.78 is 5.49. The first-order chi connectivity index (χ1) is 6.70. The van der Waals surface area contributed by atoms with Gasteiger partial charge >= 0.3 is 0 Å². The van der Waals surface area contributed by atoms with Gasteiger partial charge in [-0.3, -0.25) is 4.90 Å². The molecule has 0 radical (unpaired) electrons. The lowest BCUT2D eigenvalue weighted by Gasteiger charge is -2.20. The van der Waals surface area contributed by atoms with Crippen molar-refractivity contribution in [3.63, 3.8) is 0 Å². The fraction of sp³-hybridized carbons (Fsp3) is 1.00. The van der Waals surface area contributed by atoms with Crippen LogP contribution in [0.3, 0.4) is 0 Å². The van der Waals surface area contributed by atoms with Crippen molar-refractivity contribution in [1.29, 1.82) is 0 Å². The fourth-order valence-corrected chi connectivity index (χ4v) is 1.21. The lowest BCUT2D eigenvalue weighted by atomic mass is 10.2. The predicted molar refractivity (Wildman–Crippen MR) is 60.2 cm³/mol. The SMILES string of the molecule is CC(C)COCCN(CCN)CCN. The van der Waals surface area contributed by atoms with Crippen LogP contribution >= 0.6 is 0 Å². The third kappa shape index (κ3) is 8.44. The molecule has 0 saturated carbocycles. The minimum atomic E-state index is 0.604. The molecule has 0 spiro atoms. The molecule has 0 aromatic heterocycles. The molecule has 0 aromatic rings. The molecule has 0 rings (SSSR count). The average molecular weight is 203 g/mol. The summed E-state index contributed by atoms with van der Waals surface area (Å²) in [5, 5.41) is 0. The fourth-order valence-electron chi connectivity index (χ4n) is 1.21. The normalized spacial score (nSPS) is 11.6. The molecule has 14 heavy (non-hydrogen) atoms. The molecule has 0 amide bonds. The highest BCUT2D eigenvalue weighted by Crippen LogP contribution is 1.93.